The molecule has 0 bridgehead atoms. The fourth-order valence-electron chi connectivity index (χ4n) is 3.53. The fourth-order valence-corrected chi connectivity index (χ4v) is 3.53. The summed E-state index contributed by atoms with van der Waals surface area (Å²) >= 11 is 0. The van der Waals surface area contributed by atoms with Gasteiger partial charge in [-0.15, -0.1) is 24.8 Å². The van der Waals surface area contributed by atoms with Gasteiger partial charge in [-0.1, -0.05) is 44.6 Å². The molecule has 0 saturated heterocycles. The molecule has 0 aliphatic carbocycles. The van der Waals surface area contributed by atoms with Crippen LogP contribution in [0.1, 0.15) is 90.9 Å². The minimum atomic E-state index is -0.530. The minimum Gasteiger partial charge on any atom is -0.356 e. The molecule has 3 amide bonds. The summed E-state index contributed by atoms with van der Waals surface area (Å²) < 4.78 is 0. The topological polar surface area (TPSA) is 131 Å². The SMILES string of the molecule is CC/C=C\CCC(=O)NCCCCN(CCCNC(=O)CC/C=C\CC)C(=O)[C@@H](N)CCCCN.Cl.Cl. The third-order valence-corrected chi connectivity index (χ3v) is 5.58. The van der Waals surface area contributed by atoms with Crippen molar-refractivity contribution in [2.75, 3.05) is 32.7 Å². The molecule has 37 heavy (non-hydrogen) atoms. The van der Waals surface area contributed by atoms with E-state index in [1.54, 1.807) is 4.90 Å². The van der Waals surface area contributed by atoms with Gasteiger partial charge in [-0.3, -0.25) is 14.4 Å². The summed E-state index contributed by atoms with van der Waals surface area (Å²) in [5, 5.41) is 5.87. The van der Waals surface area contributed by atoms with Gasteiger partial charge >= 0.3 is 0 Å². The largest absolute Gasteiger partial charge is 0.356 e. The quantitative estimate of drug-likeness (QED) is 0.116. The number of hydrogen-bond acceptors (Lipinski definition) is 5. The number of carbonyl (C=O) groups is 3. The summed E-state index contributed by atoms with van der Waals surface area (Å²) in [6, 6.07) is -0.530. The highest BCUT2D eigenvalue weighted by Gasteiger charge is 2.20. The molecule has 10 heteroatoms. The van der Waals surface area contributed by atoms with Crippen LogP contribution in [0.4, 0.5) is 0 Å². The molecule has 6 N–H and O–H groups in total. The number of amides is 3. The Morgan fingerprint density at radius 2 is 1.27 bits per heavy atom. The van der Waals surface area contributed by atoms with Gasteiger partial charge in [-0.05, 0) is 64.3 Å². The molecule has 0 fully saturated rings. The summed E-state index contributed by atoms with van der Waals surface area (Å²) in [6.07, 6.45) is 17.2. The van der Waals surface area contributed by atoms with Crippen molar-refractivity contribution in [1.82, 2.24) is 15.5 Å². The van der Waals surface area contributed by atoms with Crippen LogP contribution in [-0.4, -0.2) is 61.4 Å². The first kappa shape index (κ1) is 39.9. The maximum atomic E-state index is 12.9. The van der Waals surface area contributed by atoms with Gasteiger partial charge in [0.05, 0.1) is 6.04 Å². The number of unbranched alkanes of at least 4 members (excludes halogenated alkanes) is 2. The number of nitrogens with two attached hydrogens (primary N) is 2. The van der Waals surface area contributed by atoms with E-state index in [1.807, 2.05) is 12.2 Å². The smallest absolute Gasteiger partial charge is 0.239 e. The first-order valence-electron chi connectivity index (χ1n) is 13.5. The Hall–Kier alpha value is -1.61. The lowest BCUT2D eigenvalue weighted by molar-refractivity contribution is -0.133. The molecule has 0 saturated carbocycles. The molecule has 1 atom stereocenters. The number of halogens is 2. The molecule has 8 nitrogen and oxygen atoms in total. The summed E-state index contributed by atoms with van der Waals surface area (Å²) in [6.45, 7) is 7.01. The van der Waals surface area contributed by atoms with E-state index in [9.17, 15) is 14.4 Å². The molecule has 218 valence electrons. The zero-order valence-corrected chi connectivity index (χ0v) is 24.7. The molecular weight excluding hydrogens is 513 g/mol. The zero-order valence-electron chi connectivity index (χ0n) is 23.1. The van der Waals surface area contributed by atoms with E-state index in [4.69, 9.17) is 11.5 Å². The van der Waals surface area contributed by atoms with Crippen LogP contribution in [0.2, 0.25) is 0 Å². The van der Waals surface area contributed by atoms with Crippen LogP contribution in [0.25, 0.3) is 0 Å². The Balaban J connectivity index is -0.00000578. The predicted molar refractivity (Wildman–Crippen MR) is 159 cm³/mol. The van der Waals surface area contributed by atoms with Crippen molar-refractivity contribution < 1.29 is 14.4 Å². The van der Waals surface area contributed by atoms with Gasteiger partial charge < -0.3 is 27.0 Å². The number of carbonyl (C=O) groups excluding carboxylic acids is 3. The van der Waals surface area contributed by atoms with E-state index < -0.39 is 6.04 Å². The molecule has 0 heterocycles. The lowest BCUT2D eigenvalue weighted by atomic mass is 10.1. The van der Waals surface area contributed by atoms with Gasteiger partial charge in [0.25, 0.3) is 0 Å². The van der Waals surface area contributed by atoms with Crippen molar-refractivity contribution in [3.05, 3.63) is 24.3 Å². The highest BCUT2D eigenvalue weighted by Crippen LogP contribution is 2.06. The normalized spacial score (nSPS) is 11.6. The third kappa shape index (κ3) is 24.5. The Morgan fingerprint density at radius 1 is 0.757 bits per heavy atom. The van der Waals surface area contributed by atoms with Crippen LogP contribution in [-0.2, 0) is 14.4 Å². The molecular formula is C27H53Cl2N5O3. The maximum absolute atomic E-state index is 12.9. The number of nitrogens with one attached hydrogen (secondary N) is 2. The average molecular weight is 567 g/mol. The van der Waals surface area contributed by atoms with Crippen molar-refractivity contribution in [2.24, 2.45) is 11.5 Å². The van der Waals surface area contributed by atoms with E-state index in [0.717, 1.165) is 51.4 Å². The van der Waals surface area contributed by atoms with Crippen LogP contribution < -0.4 is 22.1 Å². The van der Waals surface area contributed by atoms with Gasteiger partial charge in [0.1, 0.15) is 0 Å². The van der Waals surface area contributed by atoms with Crippen LogP contribution in [0.3, 0.4) is 0 Å². The van der Waals surface area contributed by atoms with Crippen LogP contribution in [0.5, 0.6) is 0 Å². The lowest BCUT2D eigenvalue weighted by Crippen LogP contribution is -2.45. The monoisotopic (exact) mass is 565 g/mol. The summed E-state index contributed by atoms with van der Waals surface area (Å²) in [5.41, 5.74) is 11.7. The number of hydrogen-bond donors (Lipinski definition) is 4. The van der Waals surface area contributed by atoms with Gasteiger partial charge in [0, 0.05) is 39.0 Å². The van der Waals surface area contributed by atoms with E-state index >= 15 is 0 Å². The van der Waals surface area contributed by atoms with Crippen LogP contribution in [0, 0.1) is 0 Å². The van der Waals surface area contributed by atoms with Crippen LogP contribution >= 0.6 is 24.8 Å². The predicted octanol–water partition coefficient (Wildman–Crippen LogP) is 4.01. The molecule has 0 aromatic heterocycles. The summed E-state index contributed by atoms with van der Waals surface area (Å²) in [7, 11) is 0. The minimum absolute atomic E-state index is 0. The first-order valence-corrected chi connectivity index (χ1v) is 13.5. The van der Waals surface area contributed by atoms with Gasteiger partial charge in [0.15, 0.2) is 0 Å². The zero-order chi connectivity index (χ0) is 26.2. The summed E-state index contributed by atoms with van der Waals surface area (Å²) in [5.74, 6) is 0.0365. The number of allylic oxidation sites excluding steroid dienone is 4. The number of rotatable bonds is 22. The first-order chi connectivity index (χ1) is 17.0. The van der Waals surface area contributed by atoms with E-state index in [1.165, 1.54) is 0 Å². The van der Waals surface area contributed by atoms with Crippen molar-refractivity contribution in [3.8, 4) is 0 Å². The average Bonchev–Trinajstić information content (AvgIpc) is 2.85. The molecule has 0 spiro atoms. The molecule has 0 aromatic carbocycles. The second kappa shape index (κ2) is 29.0. The van der Waals surface area contributed by atoms with Crippen molar-refractivity contribution in [2.45, 2.75) is 96.9 Å². The second-order valence-electron chi connectivity index (χ2n) is 8.81. The Morgan fingerprint density at radius 3 is 1.78 bits per heavy atom. The maximum Gasteiger partial charge on any atom is 0.239 e. The lowest BCUT2D eigenvalue weighted by Gasteiger charge is -2.26. The van der Waals surface area contributed by atoms with E-state index in [2.05, 4.69) is 36.6 Å². The molecule has 0 aromatic rings. The molecule has 0 radical (unpaired) electrons. The molecule has 0 aliphatic heterocycles. The highest BCUT2D eigenvalue weighted by atomic mass is 35.5. The van der Waals surface area contributed by atoms with Gasteiger partial charge in [0.2, 0.25) is 17.7 Å². The Bertz CT molecular complexity index is 633. The molecule has 0 unspecified atom stereocenters. The third-order valence-electron chi connectivity index (χ3n) is 5.58. The standard InChI is InChI=1S/C27H51N5O3.2ClH/c1-3-5-7-9-17-25(33)30-20-13-14-22-32(27(35)24(29)16-11-12-19-28)23-15-21-31-26(34)18-10-8-6-4-2;;/h5-8,24H,3-4,9-23,28-29H2,1-2H3,(H,30,33)(H,31,34);2*1H/b7-5-,8-6-;;/t24-;;/m0../s1. The fraction of sp³-hybridized carbons (Fsp3) is 0.741. The Labute approximate surface area is 237 Å². The second-order valence-corrected chi connectivity index (χ2v) is 8.81. The highest BCUT2D eigenvalue weighted by molar-refractivity contribution is 5.85. The molecule has 0 rings (SSSR count). The van der Waals surface area contributed by atoms with Crippen molar-refractivity contribution in [1.29, 1.82) is 0 Å². The Kier molecular flexibility index (Phi) is 31.2. The van der Waals surface area contributed by atoms with Gasteiger partial charge in [-0.25, -0.2) is 0 Å². The van der Waals surface area contributed by atoms with Crippen molar-refractivity contribution >= 4 is 42.5 Å². The van der Waals surface area contributed by atoms with Crippen LogP contribution in [0.15, 0.2) is 24.3 Å². The number of nitrogens with zero attached hydrogens (tertiary/aromatic N) is 1. The van der Waals surface area contributed by atoms with Crippen molar-refractivity contribution in [3.63, 3.8) is 0 Å². The molecule has 0 aliphatic rings. The van der Waals surface area contributed by atoms with Gasteiger partial charge in [-0.2, -0.15) is 0 Å². The van der Waals surface area contributed by atoms with E-state index in [-0.39, 0.29) is 42.5 Å². The summed E-state index contributed by atoms with van der Waals surface area (Å²) in [4.78, 5) is 38.5. The van der Waals surface area contributed by atoms with E-state index in [0.29, 0.717) is 58.4 Å².